The van der Waals surface area contributed by atoms with Crippen molar-refractivity contribution in [1.29, 1.82) is 0 Å². The molecule has 2 heterocycles. The van der Waals surface area contributed by atoms with Gasteiger partial charge in [-0.05, 0) is 12.1 Å². The lowest BCUT2D eigenvalue weighted by atomic mass is 10.2. The number of carbonyl (C=O) groups excluding carboxylic acids is 1. The van der Waals surface area contributed by atoms with Crippen LogP contribution >= 0.6 is 11.8 Å². The molecule has 1 aromatic rings. The molecule has 0 unspecified atom stereocenters. The van der Waals surface area contributed by atoms with Crippen LogP contribution in [0.2, 0.25) is 0 Å². The summed E-state index contributed by atoms with van der Waals surface area (Å²) in [6, 6.07) is 6.77. The largest absolute Gasteiger partial charge is 0.480 e. The van der Waals surface area contributed by atoms with E-state index in [1.807, 2.05) is 31.3 Å². The van der Waals surface area contributed by atoms with E-state index in [4.69, 9.17) is 0 Å². The number of anilines is 2. The summed E-state index contributed by atoms with van der Waals surface area (Å²) in [5.74, 6) is -0.0448. The van der Waals surface area contributed by atoms with Crippen LogP contribution in [0.4, 0.5) is 16.2 Å². The third-order valence-electron chi connectivity index (χ3n) is 3.89. The van der Waals surface area contributed by atoms with E-state index >= 15 is 0 Å². The summed E-state index contributed by atoms with van der Waals surface area (Å²) in [6.07, 6.45) is 0. The van der Waals surface area contributed by atoms with Gasteiger partial charge in [-0.2, -0.15) is 0 Å². The number of benzene rings is 1. The van der Waals surface area contributed by atoms with Crippen molar-refractivity contribution in [2.45, 2.75) is 6.04 Å². The molecule has 0 aromatic heterocycles. The normalized spacial score (nSPS) is 21.4. The van der Waals surface area contributed by atoms with Crippen molar-refractivity contribution >= 4 is 35.1 Å². The molecule has 0 aliphatic carbocycles. The number of rotatable bonds is 1. The van der Waals surface area contributed by atoms with Gasteiger partial charge in [0.25, 0.3) is 0 Å². The van der Waals surface area contributed by atoms with E-state index in [1.165, 1.54) is 16.7 Å². The van der Waals surface area contributed by atoms with Crippen molar-refractivity contribution in [3.63, 3.8) is 0 Å². The van der Waals surface area contributed by atoms with Crippen LogP contribution in [0.1, 0.15) is 0 Å². The number of amides is 2. The van der Waals surface area contributed by atoms with Crippen LogP contribution in [0.15, 0.2) is 24.3 Å². The second kappa shape index (κ2) is 5.48. The SMILES string of the molecule is CN1CCN(C(=O)N2CSC[C@H]2C(=O)O)c2ccccc21. The number of carbonyl (C=O) groups is 2. The van der Waals surface area contributed by atoms with E-state index in [0.717, 1.165) is 17.9 Å². The van der Waals surface area contributed by atoms with Crippen LogP contribution < -0.4 is 9.80 Å². The summed E-state index contributed by atoms with van der Waals surface area (Å²) < 4.78 is 0. The zero-order valence-corrected chi connectivity index (χ0v) is 12.5. The minimum Gasteiger partial charge on any atom is -0.480 e. The lowest BCUT2D eigenvalue weighted by Crippen LogP contribution is -2.52. The first-order valence-electron chi connectivity index (χ1n) is 6.78. The average Bonchev–Trinajstić information content (AvgIpc) is 2.97. The van der Waals surface area contributed by atoms with Gasteiger partial charge >= 0.3 is 12.0 Å². The van der Waals surface area contributed by atoms with Gasteiger partial charge < -0.3 is 14.9 Å². The van der Waals surface area contributed by atoms with Crippen molar-refractivity contribution in [2.75, 3.05) is 41.6 Å². The van der Waals surface area contributed by atoms with Crippen LogP contribution in [-0.2, 0) is 4.79 Å². The molecule has 1 atom stereocenters. The van der Waals surface area contributed by atoms with Crippen LogP contribution in [0.5, 0.6) is 0 Å². The Morgan fingerprint density at radius 2 is 1.95 bits per heavy atom. The van der Waals surface area contributed by atoms with E-state index in [1.54, 1.807) is 4.90 Å². The van der Waals surface area contributed by atoms with Gasteiger partial charge in [0.2, 0.25) is 0 Å². The number of likely N-dealkylation sites (N-methyl/N-ethyl adjacent to an activating group) is 1. The lowest BCUT2D eigenvalue weighted by molar-refractivity contribution is -0.140. The lowest BCUT2D eigenvalue weighted by Gasteiger charge is -2.37. The van der Waals surface area contributed by atoms with E-state index in [-0.39, 0.29) is 6.03 Å². The smallest absolute Gasteiger partial charge is 0.327 e. The van der Waals surface area contributed by atoms with Gasteiger partial charge in [-0.15, -0.1) is 11.8 Å². The van der Waals surface area contributed by atoms with Gasteiger partial charge in [0.1, 0.15) is 6.04 Å². The summed E-state index contributed by atoms with van der Waals surface area (Å²) in [5, 5.41) is 9.23. The highest BCUT2D eigenvalue weighted by Gasteiger charge is 2.38. The first-order chi connectivity index (χ1) is 10.1. The number of aliphatic carboxylic acids is 1. The van der Waals surface area contributed by atoms with Crippen LogP contribution in [-0.4, -0.2) is 59.8 Å². The van der Waals surface area contributed by atoms with Crippen molar-refractivity contribution in [3.05, 3.63) is 24.3 Å². The maximum absolute atomic E-state index is 12.7. The maximum atomic E-state index is 12.7. The van der Waals surface area contributed by atoms with Gasteiger partial charge in [0, 0.05) is 25.9 Å². The number of carboxylic acids is 1. The van der Waals surface area contributed by atoms with Gasteiger partial charge in [0.05, 0.1) is 17.3 Å². The monoisotopic (exact) mass is 307 g/mol. The molecule has 7 heteroatoms. The molecule has 1 saturated heterocycles. The number of para-hydroxylation sites is 2. The molecule has 2 amide bonds. The third kappa shape index (κ3) is 2.42. The van der Waals surface area contributed by atoms with Gasteiger partial charge in [-0.25, -0.2) is 9.59 Å². The van der Waals surface area contributed by atoms with E-state index in [0.29, 0.717) is 18.2 Å². The number of thioether (sulfide) groups is 1. The highest BCUT2D eigenvalue weighted by atomic mass is 32.2. The number of hydrogen-bond donors (Lipinski definition) is 1. The summed E-state index contributed by atoms with van der Waals surface area (Å²) in [5.41, 5.74) is 1.84. The molecule has 3 rings (SSSR count). The maximum Gasteiger partial charge on any atom is 0.327 e. The first-order valence-corrected chi connectivity index (χ1v) is 7.94. The Morgan fingerprint density at radius 1 is 1.24 bits per heavy atom. The fourth-order valence-electron chi connectivity index (χ4n) is 2.70. The topological polar surface area (TPSA) is 64.1 Å². The molecule has 0 bridgehead atoms. The minimum atomic E-state index is -0.934. The fourth-order valence-corrected chi connectivity index (χ4v) is 3.83. The number of nitrogens with zero attached hydrogens (tertiary/aromatic N) is 3. The predicted molar refractivity (Wildman–Crippen MR) is 83.0 cm³/mol. The molecule has 0 radical (unpaired) electrons. The molecule has 112 valence electrons. The summed E-state index contributed by atoms with van der Waals surface area (Å²) in [7, 11) is 1.99. The zero-order chi connectivity index (χ0) is 15.0. The number of fused-ring (bicyclic) bond motifs is 1. The van der Waals surface area contributed by atoms with Crippen molar-refractivity contribution < 1.29 is 14.7 Å². The standard InChI is InChI=1S/C14H17N3O3S/c1-15-6-7-16(11-5-3-2-4-10(11)15)14(20)17-9-21-8-12(17)13(18)19/h2-5,12H,6-9H2,1H3,(H,18,19)/t12-/m0/s1. The van der Waals surface area contributed by atoms with Crippen molar-refractivity contribution in [3.8, 4) is 0 Å². The molecule has 0 spiro atoms. The van der Waals surface area contributed by atoms with Gasteiger partial charge in [0.15, 0.2) is 0 Å². The molecule has 1 fully saturated rings. The summed E-state index contributed by atoms with van der Waals surface area (Å²) in [6.45, 7) is 1.31. The van der Waals surface area contributed by atoms with E-state index < -0.39 is 12.0 Å². The quantitative estimate of drug-likeness (QED) is 0.852. The Morgan fingerprint density at radius 3 is 2.67 bits per heavy atom. The summed E-state index contributed by atoms with van der Waals surface area (Å²) in [4.78, 5) is 29.3. The zero-order valence-electron chi connectivity index (χ0n) is 11.7. The second-order valence-corrected chi connectivity index (χ2v) is 6.17. The second-order valence-electron chi connectivity index (χ2n) is 5.17. The molecule has 21 heavy (non-hydrogen) atoms. The van der Waals surface area contributed by atoms with Crippen LogP contribution in [0.25, 0.3) is 0 Å². The fraction of sp³-hybridized carbons (Fsp3) is 0.429. The molecule has 1 aromatic carbocycles. The van der Waals surface area contributed by atoms with E-state index in [2.05, 4.69) is 4.90 Å². The first kappa shape index (κ1) is 14.1. The number of carboxylic acid groups (broad SMARTS) is 1. The molecule has 6 nitrogen and oxygen atoms in total. The predicted octanol–water partition coefficient (Wildman–Crippen LogP) is 1.52. The van der Waals surface area contributed by atoms with Crippen LogP contribution in [0.3, 0.4) is 0 Å². The van der Waals surface area contributed by atoms with Crippen LogP contribution in [0, 0.1) is 0 Å². The molecule has 0 saturated carbocycles. The van der Waals surface area contributed by atoms with Gasteiger partial charge in [-0.1, -0.05) is 12.1 Å². The van der Waals surface area contributed by atoms with Crippen molar-refractivity contribution in [1.82, 2.24) is 4.90 Å². The Kier molecular flexibility index (Phi) is 3.67. The van der Waals surface area contributed by atoms with Gasteiger partial charge in [-0.3, -0.25) is 4.90 Å². The Labute approximate surface area is 127 Å². The Balaban J connectivity index is 1.89. The summed E-state index contributed by atoms with van der Waals surface area (Å²) >= 11 is 1.48. The minimum absolute atomic E-state index is 0.215. The van der Waals surface area contributed by atoms with E-state index in [9.17, 15) is 14.7 Å². The number of hydrogen-bond acceptors (Lipinski definition) is 4. The number of urea groups is 1. The molecular formula is C14H17N3O3S. The average molecular weight is 307 g/mol. The highest BCUT2D eigenvalue weighted by Crippen LogP contribution is 2.33. The molecule has 2 aliphatic heterocycles. The Bertz CT molecular complexity index is 580. The molecule has 2 aliphatic rings. The third-order valence-corrected chi connectivity index (χ3v) is 4.90. The Hall–Kier alpha value is -1.89. The molecule has 1 N–H and O–H groups in total. The molecular weight excluding hydrogens is 290 g/mol. The highest BCUT2D eigenvalue weighted by molar-refractivity contribution is 7.99. The van der Waals surface area contributed by atoms with Crippen molar-refractivity contribution in [2.24, 2.45) is 0 Å².